The van der Waals surface area contributed by atoms with Crippen LogP contribution in [0.3, 0.4) is 0 Å². The standard InChI is InChI=1S/C23H25FN6O2/c1-13-22(31)28-21-17(26-13)5-3-14(20(21)24)11-29-9-10-30-15(12-29)4-6-16-19(30)8-7-18(27-16)23(32)25-2/h3,5,7-8,15H,4,6,9-12H2,1-2H3,(H,25,32)(H,28,31)/t15-/m0/s1. The SMILES string of the molecule is CNC(=O)c1ccc2c(n1)CC[C@H]1CN(Cc3ccc4nc(C)c(=O)[nH]c4c3F)CCN21. The van der Waals surface area contributed by atoms with Crippen molar-refractivity contribution in [2.75, 3.05) is 31.6 Å². The van der Waals surface area contributed by atoms with Crippen molar-refractivity contribution in [2.24, 2.45) is 0 Å². The van der Waals surface area contributed by atoms with Crippen LogP contribution < -0.4 is 15.8 Å². The minimum absolute atomic E-state index is 0.168. The van der Waals surface area contributed by atoms with Gasteiger partial charge in [0.15, 0.2) is 5.82 Å². The van der Waals surface area contributed by atoms with E-state index in [1.54, 1.807) is 32.2 Å². The van der Waals surface area contributed by atoms with E-state index in [0.717, 1.165) is 43.9 Å². The fourth-order valence-electron chi connectivity index (χ4n) is 4.74. The van der Waals surface area contributed by atoms with Crippen LogP contribution in [0.15, 0.2) is 29.1 Å². The number of fused-ring (bicyclic) bond motifs is 4. The molecular formula is C23H25FN6O2. The molecular weight excluding hydrogens is 411 g/mol. The number of hydrogen-bond donors (Lipinski definition) is 2. The molecule has 0 saturated carbocycles. The van der Waals surface area contributed by atoms with Crippen LogP contribution in [0.25, 0.3) is 11.0 Å². The van der Waals surface area contributed by atoms with Gasteiger partial charge in [-0.3, -0.25) is 14.5 Å². The topological polar surface area (TPSA) is 94.2 Å². The molecule has 5 rings (SSSR count). The molecule has 2 N–H and O–H groups in total. The Balaban J connectivity index is 1.34. The molecule has 0 radical (unpaired) electrons. The number of anilines is 1. The molecule has 2 aromatic heterocycles. The normalized spacial score (nSPS) is 18.3. The van der Waals surface area contributed by atoms with Crippen LogP contribution in [0.2, 0.25) is 0 Å². The number of aryl methyl sites for hydroxylation is 2. The van der Waals surface area contributed by atoms with Crippen molar-refractivity contribution in [3.63, 3.8) is 0 Å². The fourth-order valence-corrected chi connectivity index (χ4v) is 4.74. The first-order chi connectivity index (χ1) is 15.4. The van der Waals surface area contributed by atoms with Gasteiger partial charge in [-0.05, 0) is 38.0 Å². The van der Waals surface area contributed by atoms with E-state index < -0.39 is 5.82 Å². The number of nitrogens with one attached hydrogen (secondary N) is 2. The van der Waals surface area contributed by atoms with Crippen LogP contribution >= 0.6 is 0 Å². The van der Waals surface area contributed by atoms with Gasteiger partial charge in [0.1, 0.15) is 16.9 Å². The summed E-state index contributed by atoms with van der Waals surface area (Å²) >= 11 is 0. The molecule has 9 heteroatoms. The van der Waals surface area contributed by atoms with Crippen molar-refractivity contribution in [1.29, 1.82) is 0 Å². The highest BCUT2D eigenvalue weighted by molar-refractivity contribution is 5.92. The summed E-state index contributed by atoms with van der Waals surface area (Å²) < 4.78 is 15.1. The van der Waals surface area contributed by atoms with Gasteiger partial charge < -0.3 is 15.2 Å². The Morgan fingerprint density at radius 2 is 2.09 bits per heavy atom. The van der Waals surface area contributed by atoms with E-state index in [4.69, 9.17) is 0 Å². The number of nitrogens with zero attached hydrogens (tertiary/aromatic N) is 4. The number of carbonyl (C=O) groups is 1. The smallest absolute Gasteiger partial charge is 0.269 e. The fraction of sp³-hybridized carbons (Fsp3) is 0.391. The van der Waals surface area contributed by atoms with Crippen molar-refractivity contribution in [3.05, 3.63) is 63.1 Å². The third kappa shape index (κ3) is 3.52. The van der Waals surface area contributed by atoms with Gasteiger partial charge >= 0.3 is 0 Å². The number of carbonyl (C=O) groups excluding carboxylic acids is 1. The Morgan fingerprint density at radius 3 is 2.91 bits per heavy atom. The third-order valence-corrected chi connectivity index (χ3v) is 6.45. The summed E-state index contributed by atoms with van der Waals surface area (Å²) in [6.07, 6.45) is 1.75. The summed E-state index contributed by atoms with van der Waals surface area (Å²) in [4.78, 5) is 39.8. The molecule has 4 heterocycles. The monoisotopic (exact) mass is 436 g/mol. The largest absolute Gasteiger partial charge is 0.364 e. The maximum absolute atomic E-state index is 15.1. The number of aromatic amines is 1. The maximum Gasteiger partial charge on any atom is 0.269 e. The molecule has 1 atom stereocenters. The molecule has 0 aliphatic carbocycles. The zero-order valence-electron chi connectivity index (χ0n) is 18.1. The predicted octanol–water partition coefficient (Wildman–Crippen LogP) is 1.76. The number of amides is 1. The highest BCUT2D eigenvalue weighted by Gasteiger charge is 2.33. The van der Waals surface area contributed by atoms with E-state index in [1.807, 2.05) is 6.07 Å². The van der Waals surface area contributed by atoms with E-state index in [0.29, 0.717) is 35.1 Å². The molecule has 166 valence electrons. The van der Waals surface area contributed by atoms with Gasteiger partial charge in [-0.2, -0.15) is 0 Å². The van der Waals surface area contributed by atoms with Crippen LogP contribution in [0.1, 0.15) is 33.9 Å². The molecule has 1 aromatic carbocycles. The molecule has 2 aliphatic heterocycles. The summed E-state index contributed by atoms with van der Waals surface area (Å²) in [5.41, 5.74) is 3.64. The second kappa shape index (κ2) is 7.98. The maximum atomic E-state index is 15.1. The Morgan fingerprint density at radius 1 is 1.25 bits per heavy atom. The summed E-state index contributed by atoms with van der Waals surface area (Å²) in [5.74, 6) is -0.585. The molecule has 3 aromatic rings. The third-order valence-electron chi connectivity index (χ3n) is 6.45. The van der Waals surface area contributed by atoms with Crippen LogP contribution in [0.5, 0.6) is 0 Å². The Bertz CT molecular complexity index is 1270. The summed E-state index contributed by atoms with van der Waals surface area (Å²) in [6, 6.07) is 7.60. The van der Waals surface area contributed by atoms with E-state index in [1.165, 1.54) is 0 Å². The molecule has 0 bridgehead atoms. The number of H-pyrrole nitrogens is 1. The second-order valence-corrected chi connectivity index (χ2v) is 8.45. The number of benzene rings is 1. The van der Waals surface area contributed by atoms with E-state index >= 15 is 4.39 Å². The summed E-state index contributed by atoms with van der Waals surface area (Å²) in [5, 5.41) is 2.62. The van der Waals surface area contributed by atoms with Crippen molar-refractivity contribution < 1.29 is 9.18 Å². The average molecular weight is 436 g/mol. The summed E-state index contributed by atoms with van der Waals surface area (Å²) in [7, 11) is 1.60. The molecule has 0 spiro atoms. The van der Waals surface area contributed by atoms with Gasteiger partial charge in [0, 0.05) is 44.8 Å². The van der Waals surface area contributed by atoms with Crippen molar-refractivity contribution >= 4 is 22.6 Å². The minimum atomic E-state index is -0.408. The van der Waals surface area contributed by atoms with Crippen molar-refractivity contribution in [3.8, 4) is 0 Å². The average Bonchev–Trinajstić information content (AvgIpc) is 2.81. The van der Waals surface area contributed by atoms with Crippen LogP contribution in [0, 0.1) is 12.7 Å². The Labute approximate surface area is 184 Å². The Kier molecular flexibility index (Phi) is 5.13. The van der Waals surface area contributed by atoms with E-state index in [-0.39, 0.29) is 17.0 Å². The lowest BCUT2D eigenvalue weighted by atomic mass is 9.96. The van der Waals surface area contributed by atoms with Crippen LogP contribution in [-0.4, -0.2) is 58.5 Å². The first-order valence-corrected chi connectivity index (χ1v) is 10.8. The molecule has 1 fully saturated rings. The van der Waals surface area contributed by atoms with E-state index in [2.05, 4.69) is 30.1 Å². The van der Waals surface area contributed by atoms with Gasteiger partial charge in [-0.25, -0.2) is 14.4 Å². The quantitative estimate of drug-likeness (QED) is 0.650. The molecule has 2 aliphatic rings. The van der Waals surface area contributed by atoms with Gasteiger partial charge in [-0.15, -0.1) is 0 Å². The molecule has 32 heavy (non-hydrogen) atoms. The number of rotatable bonds is 3. The van der Waals surface area contributed by atoms with E-state index in [9.17, 15) is 9.59 Å². The highest BCUT2D eigenvalue weighted by atomic mass is 19.1. The molecule has 0 unspecified atom stereocenters. The number of piperazine rings is 1. The lowest BCUT2D eigenvalue weighted by Crippen LogP contribution is -2.54. The summed E-state index contributed by atoms with van der Waals surface area (Å²) in [6.45, 7) is 4.50. The van der Waals surface area contributed by atoms with Gasteiger partial charge in [0.2, 0.25) is 0 Å². The Hall–Kier alpha value is -3.33. The first kappa shape index (κ1) is 20.6. The number of pyridine rings is 1. The zero-order chi connectivity index (χ0) is 22.4. The lowest BCUT2D eigenvalue weighted by molar-refractivity contribution is 0.0958. The first-order valence-electron chi connectivity index (χ1n) is 10.8. The van der Waals surface area contributed by atoms with Gasteiger partial charge in [0.25, 0.3) is 11.5 Å². The lowest BCUT2D eigenvalue weighted by Gasteiger charge is -2.45. The second-order valence-electron chi connectivity index (χ2n) is 8.45. The van der Waals surface area contributed by atoms with Crippen molar-refractivity contribution in [1.82, 2.24) is 25.2 Å². The number of hydrogen-bond acceptors (Lipinski definition) is 6. The van der Waals surface area contributed by atoms with Crippen LogP contribution in [-0.2, 0) is 13.0 Å². The minimum Gasteiger partial charge on any atom is -0.364 e. The van der Waals surface area contributed by atoms with Crippen molar-refractivity contribution in [2.45, 2.75) is 32.4 Å². The number of aromatic nitrogens is 3. The molecule has 1 amide bonds. The number of halogens is 1. The highest BCUT2D eigenvalue weighted by Crippen LogP contribution is 2.32. The van der Waals surface area contributed by atoms with Gasteiger partial charge in [-0.1, -0.05) is 6.07 Å². The van der Waals surface area contributed by atoms with Crippen LogP contribution in [0.4, 0.5) is 10.1 Å². The predicted molar refractivity (Wildman–Crippen MR) is 119 cm³/mol. The molecule has 1 saturated heterocycles. The van der Waals surface area contributed by atoms with Gasteiger partial charge in [0.05, 0.1) is 16.9 Å². The molecule has 8 nitrogen and oxygen atoms in total. The zero-order valence-corrected chi connectivity index (χ0v) is 18.1.